The van der Waals surface area contributed by atoms with E-state index < -0.39 is 0 Å². The van der Waals surface area contributed by atoms with E-state index >= 15 is 0 Å². The second-order valence-corrected chi connectivity index (χ2v) is 9.27. The molecule has 0 unspecified atom stereocenters. The Balaban J connectivity index is 1.39. The van der Waals surface area contributed by atoms with Crippen LogP contribution in [0.3, 0.4) is 0 Å². The van der Waals surface area contributed by atoms with E-state index in [0.29, 0.717) is 18.5 Å². The van der Waals surface area contributed by atoms with Crippen LogP contribution in [0.5, 0.6) is 0 Å². The highest BCUT2D eigenvalue weighted by Gasteiger charge is 2.51. The molecule has 2 fully saturated rings. The summed E-state index contributed by atoms with van der Waals surface area (Å²) in [6, 6.07) is 4.29. The standard InChI is InChI=1S/C23H33NO3/c1-15-6-4-10-23(3)13-21-18(12-20(15)23)19(22(25)27-21)14-24-16(2)8-9-17-7-5-11-26-17/h5,7,11-12,15-16,18-19,21,24H,4,6,8-10,13-14H2,1-3H3/t15-,16+,18+,19+,21+,23+/m0/s1. The van der Waals surface area contributed by atoms with Crippen molar-refractivity contribution in [2.24, 2.45) is 23.2 Å². The zero-order chi connectivity index (χ0) is 19.0. The summed E-state index contributed by atoms with van der Waals surface area (Å²) in [7, 11) is 0. The molecule has 148 valence electrons. The van der Waals surface area contributed by atoms with Gasteiger partial charge in [0.05, 0.1) is 12.2 Å². The van der Waals surface area contributed by atoms with Crippen molar-refractivity contribution in [3.8, 4) is 0 Å². The van der Waals surface area contributed by atoms with Crippen molar-refractivity contribution < 1.29 is 13.9 Å². The molecule has 0 spiro atoms. The summed E-state index contributed by atoms with van der Waals surface area (Å²) in [5.74, 6) is 1.84. The number of hydrogen-bond acceptors (Lipinski definition) is 4. The number of nitrogens with one attached hydrogen (secondary N) is 1. The molecule has 3 aliphatic rings. The molecular weight excluding hydrogens is 338 g/mol. The summed E-state index contributed by atoms with van der Waals surface area (Å²) in [5.41, 5.74) is 1.82. The summed E-state index contributed by atoms with van der Waals surface area (Å²) >= 11 is 0. The molecule has 1 aromatic heterocycles. The van der Waals surface area contributed by atoms with Crippen LogP contribution < -0.4 is 5.32 Å². The number of furan rings is 1. The smallest absolute Gasteiger partial charge is 0.311 e. The van der Waals surface area contributed by atoms with Gasteiger partial charge in [0.25, 0.3) is 0 Å². The minimum Gasteiger partial charge on any atom is -0.469 e. The zero-order valence-corrected chi connectivity index (χ0v) is 16.9. The van der Waals surface area contributed by atoms with Crippen molar-refractivity contribution >= 4 is 5.97 Å². The number of fused-ring (bicyclic) bond motifs is 2. The van der Waals surface area contributed by atoms with Crippen LogP contribution >= 0.6 is 0 Å². The number of aryl methyl sites for hydroxylation is 1. The molecule has 27 heavy (non-hydrogen) atoms. The summed E-state index contributed by atoms with van der Waals surface area (Å²) in [4.78, 5) is 12.6. The average Bonchev–Trinajstić information content (AvgIpc) is 3.23. The maximum Gasteiger partial charge on any atom is 0.311 e. The van der Waals surface area contributed by atoms with Gasteiger partial charge in [-0.1, -0.05) is 31.9 Å². The SMILES string of the molecule is C[C@H](CCc1ccco1)NC[C@H]1C(=O)O[C@@H]2C[C@@]3(C)CCC[C@H](C)C3=C[C@@H]21. The molecule has 1 saturated carbocycles. The fourth-order valence-electron chi connectivity index (χ4n) is 5.53. The third-order valence-electron chi connectivity index (χ3n) is 7.17. The third-order valence-corrected chi connectivity index (χ3v) is 7.17. The Morgan fingerprint density at radius 2 is 2.26 bits per heavy atom. The lowest BCUT2D eigenvalue weighted by molar-refractivity contribution is -0.145. The van der Waals surface area contributed by atoms with Crippen LogP contribution in [0.2, 0.25) is 0 Å². The largest absolute Gasteiger partial charge is 0.469 e. The van der Waals surface area contributed by atoms with E-state index in [1.165, 1.54) is 19.3 Å². The van der Waals surface area contributed by atoms with E-state index in [-0.39, 0.29) is 29.3 Å². The second kappa shape index (κ2) is 7.46. The van der Waals surface area contributed by atoms with Gasteiger partial charge < -0.3 is 14.5 Å². The first-order chi connectivity index (χ1) is 13.0. The van der Waals surface area contributed by atoms with Gasteiger partial charge in [0.2, 0.25) is 0 Å². The lowest BCUT2D eigenvalue weighted by atomic mass is 9.59. The van der Waals surface area contributed by atoms with E-state index in [9.17, 15) is 4.79 Å². The molecule has 0 amide bonds. The van der Waals surface area contributed by atoms with Crippen molar-refractivity contribution in [2.45, 2.75) is 71.4 Å². The highest BCUT2D eigenvalue weighted by Crippen LogP contribution is 2.53. The van der Waals surface area contributed by atoms with E-state index in [4.69, 9.17) is 9.15 Å². The molecule has 2 heterocycles. The lowest BCUT2D eigenvalue weighted by Crippen LogP contribution is -2.41. The molecule has 1 aromatic rings. The van der Waals surface area contributed by atoms with Gasteiger partial charge in [-0.2, -0.15) is 0 Å². The van der Waals surface area contributed by atoms with Gasteiger partial charge in [-0.15, -0.1) is 0 Å². The maximum atomic E-state index is 12.6. The molecule has 1 saturated heterocycles. The summed E-state index contributed by atoms with van der Waals surface area (Å²) in [5, 5.41) is 3.57. The van der Waals surface area contributed by atoms with Crippen LogP contribution in [0.1, 0.15) is 58.6 Å². The molecule has 4 heteroatoms. The maximum absolute atomic E-state index is 12.6. The molecular formula is C23H33NO3. The Kier molecular flexibility index (Phi) is 5.19. The fraction of sp³-hybridized carbons (Fsp3) is 0.696. The normalized spacial score (nSPS) is 36.6. The minimum atomic E-state index is -0.0489. The van der Waals surface area contributed by atoms with Crippen molar-refractivity contribution in [1.29, 1.82) is 0 Å². The Morgan fingerprint density at radius 3 is 3.04 bits per heavy atom. The number of carbonyl (C=O) groups is 1. The second-order valence-electron chi connectivity index (χ2n) is 9.27. The first-order valence-electron chi connectivity index (χ1n) is 10.6. The highest BCUT2D eigenvalue weighted by molar-refractivity contribution is 5.76. The average molecular weight is 372 g/mol. The molecule has 2 aliphatic carbocycles. The molecule has 1 aliphatic heterocycles. The summed E-state index contributed by atoms with van der Waals surface area (Å²) in [6.45, 7) is 7.61. The topological polar surface area (TPSA) is 51.5 Å². The number of hydrogen-bond donors (Lipinski definition) is 1. The number of esters is 1. The summed E-state index contributed by atoms with van der Waals surface area (Å²) in [6.07, 6.45) is 10.9. The van der Waals surface area contributed by atoms with Gasteiger partial charge in [-0.3, -0.25) is 4.79 Å². The van der Waals surface area contributed by atoms with Crippen LogP contribution in [-0.2, 0) is 16.0 Å². The number of rotatable bonds is 6. The van der Waals surface area contributed by atoms with Gasteiger partial charge >= 0.3 is 5.97 Å². The van der Waals surface area contributed by atoms with Gasteiger partial charge in [0.15, 0.2) is 0 Å². The number of carbonyl (C=O) groups excluding carboxylic acids is 1. The van der Waals surface area contributed by atoms with Crippen molar-refractivity contribution in [2.75, 3.05) is 6.54 Å². The van der Waals surface area contributed by atoms with Gasteiger partial charge in [-0.05, 0) is 56.1 Å². The third kappa shape index (κ3) is 3.73. The van der Waals surface area contributed by atoms with Gasteiger partial charge in [0.1, 0.15) is 11.9 Å². The van der Waals surface area contributed by atoms with Crippen molar-refractivity contribution in [3.63, 3.8) is 0 Å². The van der Waals surface area contributed by atoms with E-state index in [2.05, 4.69) is 32.2 Å². The zero-order valence-electron chi connectivity index (χ0n) is 16.9. The molecule has 1 N–H and O–H groups in total. The highest BCUT2D eigenvalue weighted by atomic mass is 16.6. The Hall–Kier alpha value is -1.55. The lowest BCUT2D eigenvalue weighted by Gasteiger charge is -2.46. The molecule has 4 nitrogen and oxygen atoms in total. The first kappa shape index (κ1) is 18.8. The van der Waals surface area contributed by atoms with E-state index in [1.54, 1.807) is 11.8 Å². The number of ether oxygens (including phenoxy) is 1. The van der Waals surface area contributed by atoms with Crippen LogP contribution in [0, 0.1) is 23.2 Å². The summed E-state index contributed by atoms with van der Waals surface area (Å²) < 4.78 is 11.2. The van der Waals surface area contributed by atoms with E-state index in [1.807, 2.05) is 12.1 Å². The Morgan fingerprint density at radius 1 is 1.41 bits per heavy atom. The van der Waals surface area contributed by atoms with Gasteiger partial charge in [0, 0.05) is 24.9 Å². The molecule has 0 aromatic carbocycles. The van der Waals surface area contributed by atoms with Crippen LogP contribution in [0.4, 0.5) is 0 Å². The Labute approximate surface area is 162 Å². The van der Waals surface area contributed by atoms with Crippen molar-refractivity contribution in [3.05, 3.63) is 35.8 Å². The van der Waals surface area contributed by atoms with Crippen LogP contribution in [0.25, 0.3) is 0 Å². The first-order valence-corrected chi connectivity index (χ1v) is 10.6. The number of allylic oxidation sites excluding steroid dienone is 1. The van der Waals surface area contributed by atoms with E-state index in [0.717, 1.165) is 25.0 Å². The Bertz CT molecular complexity index is 694. The molecule has 6 atom stereocenters. The predicted octanol–water partition coefficient (Wildman–Crippen LogP) is 4.50. The van der Waals surface area contributed by atoms with Crippen molar-refractivity contribution in [1.82, 2.24) is 5.32 Å². The minimum absolute atomic E-state index is 0.0116. The monoisotopic (exact) mass is 371 g/mol. The van der Waals surface area contributed by atoms with Crippen LogP contribution in [0.15, 0.2) is 34.5 Å². The quantitative estimate of drug-likeness (QED) is 0.591. The molecule has 0 bridgehead atoms. The molecule has 4 rings (SSSR count). The van der Waals surface area contributed by atoms with Gasteiger partial charge in [-0.25, -0.2) is 0 Å². The molecule has 0 radical (unpaired) electrons. The predicted molar refractivity (Wildman–Crippen MR) is 105 cm³/mol. The van der Waals surface area contributed by atoms with Crippen LogP contribution in [-0.4, -0.2) is 24.7 Å². The fourth-order valence-corrected chi connectivity index (χ4v) is 5.53.